The molecule has 1 aromatic carbocycles. The van der Waals surface area contributed by atoms with Gasteiger partial charge in [-0.1, -0.05) is 48.4 Å². The molecule has 4 amide bonds. The number of carbonyl (C=O) groups excluding carboxylic acids is 4. The number of aryl methyl sites for hydroxylation is 2. The van der Waals surface area contributed by atoms with Crippen molar-refractivity contribution in [2.75, 3.05) is 26.2 Å². The molecule has 5 rings (SSSR count). The van der Waals surface area contributed by atoms with E-state index in [1.54, 1.807) is 16.0 Å². The van der Waals surface area contributed by atoms with Crippen molar-refractivity contribution in [2.45, 2.75) is 161 Å². The number of aromatic nitrogens is 6. The Morgan fingerprint density at radius 2 is 1.19 bits per heavy atom. The first kappa shape index (κ1) is 46.7. The van der Waals surface area contributed by atoms with Gasteiger partial charge in [-0.2, -0.15) is 15.4 Å². The molecule has 3 aromatic rings. The van der Waals surface area contributed by atoms with Crippen molar-refractivity contribution in [3.63, 3.8) is 0 Å². The molecule has 0 aliphatic carbocycles. The van der Waals surface area contributed by atoms with Gasteiger partial charge in [0.15, 0.2) is 0 Å². The van der Waals surface area contributed by atoms with Gasteiger partial charge in [0.2, 0.25) is 11.8 Å². The maximum Gasteiger partial charge on any atom is 0.410 e. The van der Waals surface area contributed by atoms with Crippen LogP contribution in [-0.4, -0.2) is 114 Å². The van der Waals surface area contributed by atoms with E-state index in [0.29, 0.717) is 39.0 Å². The van der Waals surface area contributed by atoms with Crippen LogP contribution in [0.4, 0.5) is 9.59 Å². The van der Waals surface area contributed by atoms with Crippen LogP contribution in [0.5, 0.6) is 0 Å². The van der Waals surface area contributed by atoms with Crippen LogP contribution < -0.4 is 10.6 Å². The van der Waals surface area contributed by atoms with Crippen molar-refractivity contribution in [2.24, 2.45) is 0 Å². The van der Waals surface area contributed by atoms with Gasteiger partial charge in [-0.05, 0) is 111 Å². The molecule has 0 saturated carbocycles. The molecule has 16 heteroatoms. The molecule has 0 spiro atoms. The predicted octanol–water partition coefficient (Wildman–Crippen LogP) is 6.37. The summed E-state index contributed by atoms with van der Waals surface area (Å²) in [5.74, 6) is 0.196. The second kappa shape index (κ2) is 23.5. The van der Waals surface area contributed by atoms with E-state index in [-0.39, 0.29) is 36.1 Å². The number of likely N-dealkylation sites (tertiary alicyclic amines) is 2. The maximum absolute atomic E-state index is 12.3. The number of nitrogens with zero attached hydrogens (tertiary/aromatic N) is 7. The van der Waals surface area contributed by atoms with Crippen LogP contribution in [0.3, 0.4) is 0 Å². The molecule has 2 fully saturated rings. The topological polar surface area (TPSA) is 190 Å². The fraction of sp³-hybridized carbons (Fsp3) is 0.674. The molecular weight excluding hydrogens is 753 g/mol. The van der Waals surface area contributed by atoms with Gasteiger partial charge in [0.05, 0.1) is 24.1 Å². The van der Waals surface area contributed by atoms with E-state index >= 15 is 0 Å². The van der Waals surface area contributed by atoms with Crippen LogP contribution >= 0.6 is 0 Å². The summed E-state index contributed by atoms with van der Waals surface area (Å²) >= 11 is 0. The lowest BCUT2D eigenvalue weighted by atomic mass is 10.0. The highest BCUT2D eigenvalue weighted by atomic mass is 16.6. The van der Waals surface area contributed by atoms with Gasteiger partial charge in [-0.25, -0.2) is 14.3 Å². The fourth-order valence-electron chi connectivity index (χ4n) is 6.85. The van der Waals surface area contributed by atoms with Gasteiger partial charge in [-0.15, -0.1) is 5.10 Å². The van der Waals surface area contributed by atoms with Crippen molar-refractivity contribution < 1.29 is 28.7 Å². The van der Waals surface area contributed by atoms with Gasteiger partial charge >= 0.3 is 12.2 Å². The third-order valence-corrected chi connectivity index (χ3v) is 9.94. The molecule has 0 unspecified atom stereocenters. The fourth-order valence-corrected chi connectivity index (χ4v) is 6.85. The van der Waals surface area contributed by atoms with Crippen molar-refractivity contribution in [1.29, 1.82) is 0 Å². The number of H-pyrrole nitrogens is 1. The van der Waals surface area contributed by atoms with E-state index in [9.17, 15) is 19.2 Å². The predicted molar refractivity (Wildman–Crippen MR) is 224 cm³/mol. The van der Waals surface area contributed by atoms with E-state index < -0.39 is 11.2 Å². The van der Waals surface area contributed by atoms with Crippen LogP contribution in [0, 0.1) is 0 Å². The van der Waals surface area contributed by atoms with E-state index in [1.165, 1.54) is 5.56 Å². The number of nitrogens with one attached hydrogen (secondary N) is 3. The summed E-state index contributed by atoms with van der Waals surface area (Å²) in [7, 11) is 0. The highest BCUT2D eigenvalue weighted by Gasteiger charge is 2.29. The average Bonchev–Trinajstić information content (AvgIpc) is 3.87. The van der Waals surface area contributed by atoms with Crippen molar-refractivity contribution in [1.82, 2.24) is 50.8 Å². The van der Waals surface area contributed by atoms with Gasteiger partial charge < -0.3 is 29.9 Å². The summed E-state index contributed by atoms with van der Waals surface area (Å²) in [4.78, 5) is 52.0. The number of carbonyl (C=O) groups is 4. The number of hydrogen-bond donors (Lipinski definition) is 3. The Hall–Kier alpha value is -5.02. The first-order valence-corrected chi connectivity index (χ1v) is 21.4. The van der Waals surface area contributed by atoms with Gasteiger partial charge in [0.1, 0.15) is 11.2 Å². The minimum Gasteiger partial charge on any atom is -0.444 e. The summed E-state index contributed by atoms with van der Waals surface area (Å²) in [5.41, 5.74) is 2.20. The van der Waals surface area contributed by atoms with Crippen LogP contribution in [-0.2, 0) is 38.4 Å². The second-order valence-electron chi connectivity index (χ2n) is 17.6. The number of amides is 4. The van der Waals surface area contributed by atoms with Crippen LogP contribution in [0.1, 0.15) is 136 Å². The van der Waals surface area contributed by atoms with E-state index in [0.717, 1.165) is 95.0 Å². The summed E-state index contributed by atoms with van der Waals surface area (Å²) in [5, 5.41) is 25.1. The molecule has 4 heterocycles. The zero-order chi connectivity index (χ0) is 42.7. The van der Waals surface area contributed by atoms with Crippen LogP contribution in [0.2, 0.25) is 0 Å². The molecule has 2 aliphatic heterocycles. The Morgan fingerprint density at radius 1 is 0.695 bits per heavy atom. The summed E-state index contributed by atoms with van der Waals surface area (Å²) in [6, 6.07) is 10.5. The maximum atomic E-state index is 12.3. The molecule has 2 aromatic heterocycles. The Morgan fingerprint density at radius 3 is 1.64 bits per heavy atom. The molecule has 0 bridgehead atoms. The van der Waals surface area contributed by atoms with Crippen molar-refractivity contribution >= 4 is 24.0 Å². The minimum absolute atomic E-state index is 0.0968. The highest BCUT2D eigenvalue weighted by molar-refractivity contribution is 5.76. The average molecular weight is 821 g/mol. The van der Waals surface area contributed by atoms with Crippen LogP contribution in [0.15, 0.2) is 42.7 Å². The van der Waals surface area contributed by atoms with Crippen molar-refractivity contribution in [3.8, 4) is 0 Å². The molecule has 3 N–H and O–H groups in total. The second-order valence-corrected chi connectivity index (χ2v) is 17.6. The Labute approximate surface area is 349 Å². The monoisotopic (exact) mass is 821 g/mol. The third-order valence-electron chi connectivity index (χ3n) is 9.94. The molecule has 326 valence electrons. The molecule has 59 heavy (non-hydrogen) atoms. The summed E-state index contributed by atoms with van der Waals surface area (Å²) < 4.78 is 12.7. The van der Waals surface area contributed by atoms with E-state index in [1.807, 2.05) is 70.6 Å². The number of hydrogen-bond acceptors (Lipinski definition) is 10. The lowest BCUT2D eigenvalue weighted by molar-refractivity contribution is -0.123. The first-order chi connectivity index (χ1) is 28.1. The highest BCUT2D eigenvalue weighted by Crippen LogP contribution is 2.18. The zero-order valence-corrected chi connectivity index (χ0v) is 36.2. The Bertz CT molecular complexity index is 1690. The number of benzene rings is 1. The SMILES string of the molecule is CC(C)(C)OC(=O)N1CCC(NC(=O)CCCCCc2cn(Cc3ccccc3)nn2)CC1.CC(C)(C)OC(=O)N1CCC(NC(=O)CCCCCc2cn[nH]n2)CC1. The van der Waals surface area contributed by atoms with Gasteiger partial charge in [0.25, 0.3) is 0 Å². The summed E-state index contributed by atoms with van der Waals surface area (Å²) in [6.45, 7) is 14.4. The number of ether oxygens (including phenoxy) is 2. The minimum atomic E-state index is -0.485. The summed E-state index contributed by atoms with van der Waals surface area (Å²) in [6.07, 6.45) is 14.8. The number of unbranched alkanes of at least 4 members (excludes halogenated alkanes) is 4. The number of rotatable bonds is 16. The number of piperidine rings is 2. The molecule has 0 radical (unpaired) electrons. The molecule has 0 atom stereocenters. The molecule has 2 aliphatic rings. The molecular formula is C43H68N10O6. The van der Waals surface area contributed by atoms with Gasteiger partial charge in [-0.3, -0.25) is 9.59 Å². The van der Waals surface area contributed by atoms with E-state index in [2.05, 4.69) is 48.5 Å². The van der Waals surface area contributed by atoms with Crippen LogP contribution in [0.25, 0.3) is 0 Å². The standard InChI is InChI=1S/C25H37N5O3.C18H31N5O3/c1-25(2,3)33-24(32)29-16-14-21(15-17-29)26-23(31)13-9-5-8-12-22-19-30(28-27-22)18-20-10-6-4-7-11-20;1-18(2,3)26-17(25)23-11-9-14(10-12-23)20-16(24)8-6-4-5-7-15-13-19-22-21-15/h4,6-7,10-11,19,21H,5,8-9,12-18H2,1-3H3,(H,26,31);13-14H,4-12H2,1-3H3,(H,20,24)(H,19,21,22). The number of aromatic amines is 1. The lowest BCUT2D eigenvalue weighted by Gasteiger charge is -2.33. The molecule has 2 saturated heterocycles. The zero-order valence-electron chi connectivity index (χ0n) is 36.2. The third kappa shape index (κ3) is 19.1. The lowest BCUT2D eigenvalue weighted by Crippen LogP contribution is -2.47. The first-order valence-electron chi connectivity index (χ1n) is 21.4. The largest absolute Gasteiger partial charge is 0.444 e. The molecule has 16 nitrogen and oxygen atoms in total. The quantitative estimate of drug-likeness (QED) is 0.137. The normalized spacial score (nSPS) is 15.2. The smallest absolute Gasteiger partial charge is 0.410 e. The van der Waals surface area contributed by atoms with Gasteiger partial charge in [0, 0.05) is 57.3 Å². The van der Waals surface area contributed by atoms with Crippen molar-refractivity contribution in [3.05, 3.63) is 59.7 Å². The Kier molecular flexibility index (Phi) is 18.6. The van der Waals surface area contributed by atoms with E-state index in [4.69, 9.17) is 9.47 Å². The Balaban J connectivity index is 0.000000268.